The van der Waals surface area contributed by atoms with Crippen molar-refractivity contribution in [2.45, 2.75) is 25.5 Å². The lowest BCUT2D eigenvalue weighted by molar-refractivity contribution is 0.0663. The zero-order valence-electron chi connectivity index (χ0n) is 14.1. The number of pyridine rings is 2. The number of nitrogens with zero attached hydrogens (tertiary/aromatic N) is 2. The lowest BCUT2D eigenvalue weighted by Gasteiger charge is -2.11. The first-order valence-electron chi connectivity index (χ1n) is 8.22. The van der Waals surface area contributed by atoms with E-state index in [-0.39, 0.29) is 12.0 Å². The van der Waals surface area contributed by atoms with Gasteiger partial charge < -0.3 is 19.5 Å². The fraction of sp³-hybridized carbons (Fsp3) is 0.389. The topological polar surface area (TPSA) is 82.6 Å². The molecule has 0 unspecified atom stereocenters. The Morgan fingerprint density at radius 1 is 1.32 bits per heavy atom. The van der Waals surface area contributed by atoms with Gasteiger partial charge in [0.25, 0.3) is 5.91 Å². The highest BCUT2D eigenvalue weighted by atomic mass is 16.5. The van der Waals surface area contributed by atoms with E-state index in [0.29, 0.717) is 30.5 Å². The monoisotopic (exact) mass is 343 g/mol. The fourth-order valence-corrected chi connectivity index (χ4v) is 2.51. The Hall–Kier alpha value is -2.67. The number of rotatable bonds is 7. The number of carbonyl (C=O) groups is 1. The maximum atomic E-state index is 12.2. The predicted molar refractivity (Wildman–Crippen MR) is 90.7 cm³/mol. The van der Waals surface area contributed by atoms with Crippen LogP contribution in [-0.4, -0.2) is 42.3 Å². The third kappa shape index (κ3) is 4.90. The normalized spacial score (nSPS) is 16.4. The number of hydrogen-bond donors (Lipinski definition) is 1. The summed E-state index contributed by atoms with van der Waals surface area (Å²) in [5.41, 5.74) is 1.38. The van der Waals surface area contributed by atoms with Crippen molar-refractivity contribution in [3.63, 3.8) is 0 Å². The van der Waals surface area contributed by atoms with Gasteiger partial charge >= 0.3 is 0 Å². The molecule has 1 amide bonds. The Morgan fingerprint density at radius 2 is 2.24 bits per heavy atom. The van der Waals surface area contributed by atoms with Gasteiger partial charge in [0, 0.05) is 37.7 Å². The molecule has 0 radical (unpaired) electrons. The molecule has 1 fully saturated rings. The van der Waals surface area contributed by atoms with Crippen LogP contribution in [0.25, 0.3) is 0 Å². The molecule has 7 nitrogen and oxygen atoms in total. The van der Waals surface area contributed by atoms with Crippen LogP contribution in [0.4, 0.5) is 0 Å². The molecule has 0 spiro atoms. The highest BCUT2D eigenvalue weighted by Gasteiger charge is 2.16. The van der Waals surface area contributed by atoms with Gasteiger partial charge in [0.05, 0.1) is 18.8 Å². The highest BCUT2D eigenvalue weighted by molar-refractivity contribution is 5.93. The van der Waals surface area contributed by atoms with Gasteiger partial charge in [0.1, 0.15) is 6.61 Å². The second kappa shape index (κ2) is 8.43. The van der Waals surface area contributed by atoms with Gasteiger partial charge in [0.2, 0.25) is 11.8 Å². The van der Waals surface area contributed by atoms with E-state index >= 15 is 0 Å². The predicted octanol–water partition coefficient (Wildman–Crippen LogP) is 1.97. The minimum absolute atomic E-state index is 0.141. The molecule has 25 heavy (non-hydrogen) atoms. The Morgan fingerprint density at radius 3 is 2.96 bits per heavy atom. The summed E-state index contributed by atoms with van der Waals surface area (Å²) in [6.45, 7) is 1.67. The molecule has 0 aliphatic carbocycles. The summed E-state index contributed by atoms with van der Waals surface area (Å²) < 4.78 is 16.2. The van der Waals surface area contributed by atoms with E-state index in [4.69, 9.17) is 14.2 Å². The molecular weight excluding hydrogens is 322 g/mol. The van der Waals surface area contributed by atoms with Crippen LogP contribution in [0.5, 0.6) is 11.8 Å². The molecular formula is C18H21N3O4. The number of aromatic nitrogens is 2. The molecule has 1 saturated heterocycles. The van der Waals surface area contributed by atoms with Gasteiger partial charge in [-0.2, -0.15) is 0 Å². The van der Waals surface area contributed by atoms with E-state index in [1.165, 1.54) is 6.20 Å². The Balaban J connectivity index is 1.49. The molecule has 132 valence electrons. The average Bonchev–Trinajstić information content (AvgIpc) is 3.18. The lowest BCUT2D eigenvalue weighted by Crippen LogP contribution is -2.23. The fourth-order valence-electron chi connectivity index (χ4n) is 2.51. The molecule has 7 heteroatoms. The number of hydrogen-bond acceptors (Lipinski definition) is 6. The van der Waals surface area contributed by atoms with E-state index in [9.17, 15) is 4.79 Å². The van der Waals surface area contributed by atoms with Gasteiger partial charge in [-0.25, -0.2) is 9.97 Å². The standard InChI is InChI=1S/C18H21N3O4/c1-23-17-9-13(6-7-19-17)10-21-18(22)14-4-5-16(20-11-14)25-12-15-3-2-8-24-15/h4-7,9,11,15H,2-3,8,10,12H2,1H3,(H,21,22)/t15-/m1/s1. The lowest BCUT2D eigenvalue weighted by atomic mass is 10.2. The molecule has 1 aliphatic heterocycles. The molecule has 1 aliphatic rings. The van der Waals surface area contributed by atoms with Crippen LogP contribution < -0.4 is 14.8 Å². The second-order valence-electron chi connectivity index (χ2n) is 5.72. The van der Waals surface area contributed by atoms with Gasteiger partial charge in [-0.1, -0.05) is 0 Å². The van der Waals surface area contributed by atoms with Gasteiger partial charge in [0.15, 0.2) is 0 Å². The zero-order valence-corrected chi connectivity index (χ0v) is 14.1. The maximum absolute atomic E-state index is 12.2. The van der Waals surface area contributed by atoms with Crippen molar-refractivity contribution in [2.24, 2.45) is 0 Å². The van der Waals surface area contributed by atoms with E-state index in [1.54, 1.807) is 31.5 Å². The van der Waals surface area contributed by atoms with E-state index < -0.39 is 0 Å². The number of nitrogens with one attached hydrogen (secondary N) is 1. The quantitative estimate of drug-likeness (QED) is 0.828. The molecule has 0 bridgehead atoms. The Labute approximate surface area is 146 Å². The number of ether oxygens (including phenoxy) is 3. The van der Waals surface area contributed by atoms with Crippen molar-refractivity contribution < 1.29 is 19.0 Å². The summed E-state index contributed by atoms with van der Waals surface area (Å²) in [5.74, 6) is 0.807. The summed E-state index contributed by atoms with van der Waals surface area (Å²) >= 11 is 0. The van der Waals surface area contributed by atoms with Crippen molar-refractivity contribution in [3.05, 3.63) is 47.8 Å². The Bertz CT molecular complexity index is 700. The van der Waals surface area contributed by atoms with Crippen molar-refractivity contribution in [1.82, 2.24) is 15.3 Å². The third-order valence-electron chi connectivity index (χ3n) is 3.90. The number of carbonyl (C=O) groups excluding carboxylic acids is 1. The van der Waals surface area contributed by atoms with Crippen LogP contribution in [0.1, 0.15) is 28.8 Å². The first-order chi connectivity index (χ1) is 12.2. The van der Waals surface area contributed by atoms with Crippen LogP contribution in [0.3, 0.4) is 0 Å². The number of methoxy groups -OCH3 is 1. The third-order valence-corrected chi connectivity index (χ3v) is 3.90. The van der Waals surface area contributed by atoms with Gasteiger partial charge in [-0.3, -0.25) is 4.79 Å². The molecule has 3 rings (SSSR count). The van der Waals surface area contributed by atoms with Crippen molar-refractivity contribution in [1.29, 1.82) is 0 Å². The van der Waals surface area contributed by atoms with Crippen molar-refractivity contribution in [3.8, 4) is 11.8 Å². The van der Waals surface area contributed by atoms with Crippen LogP contribution in [0.2, 0.25) is 0 Å². The number of amides is 1. The van der Waals surface area contributed by atoms with Gasteiger partial charge in [-0.15, -0.1) is 0 Å². The SMILES string of the molecule is COc1cc(CNC(=O)c2ccc(OC[C@H]3CCCO3)nc2)ccn1. The van der Waals surface area contributed by atoms with Crippen LogP contribution in [-0.2, 0) is 11.3 Å². The molecule has 0 saturated carbocycles. The minimum atomic E-state index is -0.200. The molecule has 1 N–H and O–H groups in total. The molecule has 1 atom stereocenters. The summed E-state index contributed by atoms with van der Waals surface area (Å²) in [5, 5.41) is 2.84. The summed E-state index contributed by atoms with van der Waals surface area (Å²) in [6, 6.07) is 6.99. The molecule has 0 aromatic carbocycles. The zero-order chi connectivity index (χ0) is 17.5. The first kappa shape index (κ1) is 17.2. The molecule has 3 heterocycles. The maximum Gasteiger partial charge on any atom is 0.253 e. The smallest absolute Gasteiger partial charge is 0.253 e. The van der Waals surface area contributed by atoms with Crippen molar-refractivity contribution >= 4 is 5.91 Å². The largest absolute Gasteiger partial charge is 0.481 e. The Kier molecular flexibility index (Phi) is 5.79. The van der Waals surface area contributed by atoms with E-state index in [1.807, 2.05) is 6.07 Å². The van der Waals surface area contributed by atoms with Crippen LogP contribution in [0, 0.1) is 0 Å². The average molecular weight is 343 g/mol. The summed E-state index contributed by atoms with van der Waals surface area (Å²) in [6.07, 6.45) is 5.38. The second-order valence-corrected chi connectivity index (χ2v) is 5.72. The first-order valence-corrected chi connectivity index (χ1v) is 8.22. The molecule has 2 aromatic rings. The molecule has 2 aromatic heterocycles. The summed E-state index contributed by atoms with van der Waals surface area (Å²) in [4.78, 5) is 20.4. The van der Waals surface area contributed by atoms with Crippen LogP contribution in [0.15, 0.2) is 36.7 Å². The summed E-state index contributed by atoms with van der Waals surface area (Å²) in [7, 11) is 1.55. The van der Waals surface area contributed by atoms with Crippen LogP contribution >= 0.6 is 0 Å². The van der Waals surface area contributed by atoms with Gasteiger partial charge in [-0.05, 0) is 30.5 Å². The highest BCUT2D eigenvalue weighted by Crippen LogP contribution is 2.14. The van der Waals surface area contributed by atoms with E-state index in [0.717, 1.165) is 25.0 Å². The minimum Gasteiger partial charge on any atom is -0.481 e. The van der Waals surface area contributed by atoms with E-state index in [2.05, 4.69) is 15.3 Å². The van der Waals surface area contributed by atoms with Crippen molar-refractivity contribution in [2.75, 3.05) is 20.3 Å².